The predicted octanol–water partition coefficient (Wildman–Crippen LogP) is 2.97. The number of nitrogens with zero attached hydrogens (tertiary/aromatic N) is 1. The van der Waals surface area contributed by atoms with E-state index >= 15 is 0 Å². The molecule has 100 valence electrons. The van der Waals surface area contributed by atoms with Gasteiger partial charge in [-0.15, -0.1) is 11.3 Å². The van der Waals surface area contributed by atoms with Crippen molar-refractivity contribution in [2.45, 2.75) is 13.0 Å². The van der Waals surface area contributed by atoms with E-state index in [0.29, 0.717) is 6.79 Å². The van der Waals surface area contributed by atoms with Crippen LogP contribution >= 0.6 is 27.3 Å². The Morgan fingerprint density at radius 2 is 2.16 bits per heavy atom. The third-order valence-corrected chi connectivity index (χ3v) is 4.27. The molecule has 1 aliphatic heterocycles. The van der Waals surface area contributed by atoms with Gasteiger partial charge in [-0.1, -0.05) is 15.9 Å². The van der Waals surface area contributed by atoms with E-state index in [4.69, 9.17) is 9.47 Å². The van der Waals surface area contributed by atoms with Crippen LogP contribution in [0.15, 0.2) is 27.5 Å². The third-order valence-electron chi connectivity index (χ3n) is 2.90. The first kappa shape index (κ1) is 12.9. The van der Waals surface area contributed by atoms with E-state index in [2.05, 4.69) is 31.6 Å². The van der Waals surface area contributed by atoms with Gasteiger partial charge in [-0.25, -0.2) is 4.98 Å². The van der Waals surface area contributed by atoms with Gasteiger partial charge in [0.05, 0.1) is 11.2 Å². The molecular weight excluding hydrogens is 328 g/mol. The summed E-state index contributed by atoms with van der Waals surface area (Å²) in [5.41, 5.74) is 4.17. The van der Waals surface area contributed by atoms with Gasteiger partial charge in [0.1, 0.15) is 0 Å². The van der Waals surface area contributed by atoms with Crippen molar-refractivity contribution < 1.29 is 9.47 Å². The molecule has 0 bridgehead atoms. The van der Waals surface area contributed by atoms with E-state index in [9.17, 15) is 0 Å². The molecule has 3 rings (SSSR count). The van der Waals surface area contributed by atoms with Gasteiger partial charge >= 0.3 is 0 Å². The molecule has 1 N–H and O–H groups in total. The van der Waals surface area contributed by atoms with Crippen molar-refractivity contribution in [3.05, 3.63) is 38.8 Å². The fourth-order valence-electron chi connectivity index (χ4n) is 1.90. The number of rotatable bonds is 5. The number of ether oxygens (including phenoxy) is 2. The van der Waals surface area contributed by atoms with Gasteiger partial charge in [-0.05, 0) is 17.7 Å². The lowest BCUT2D eigenvalue weighted by Gasteiger charge is -2.07. The first-order valence-corrected chi connectivity index (χ1v) is 7.72. The highest BCUT2D eigenvalue weighted by molar-refractivity contribution is 9.10. The van der Waals surface area contributed by atoms with E-state index in [1.807, 2.05) is 17.6 Å². The average Bonchev–Trinajstić information content (AvgIpc) is 3.05. The van der Waals surface area contributed by atoms with Crippen molar-refractivity contribution in [2.75, 3.05) is 13.3 Å². The number of benzene rings is 1. The minimum atomic E-state index is 0.308. The number of halogens is 1. The summed E-state index contributed by atoms with van der Waals surface area (Å²) in [6, 6.07) is 3.97. The Bertz CT molecular complexity index is 560. The molecule has 1 aliphatic rings. The van der Waals surface area contributed by atoms with Crippen LogP contribution in [0.5, 0.6) is 11.5 Å². The highest BCUT2D eigenvalue weighted by Gasteiger charge is 2.15. The molecule has 0 spiro atoms. The van der Waals surface area contributed by atoms with Crippen molar-refractivity contribution in [1.29, 1.82) is 0 Å². The van der Waals surface area contributed by atoms with Crippen LogP contribution in [0.1, 0.15) is 11.3 Å². The normalized spacial score (nSPS) is 12.9. The largest absolute Gasteiger partial charge is 0.454 e. The molecule has 1 aromatic heterocycles. The summed E-state index contributed by atoms with van der Waals surface area (Å²) < 4.78 is 11.7. The molecule has 19 heavy (non-hydrogen) atoms. The average molecular weight is 341 g/mol. The summed E-state index contributed by atoms with van der Waals surface area (Å²) in [4.78, 5) is 4.26. The van der Waals surface area contributed by atoms with Gasteiger partial charge in [-0.2, -0.15) is 0 Å². The van der Waals surface area contributed by atoms with Gasteiger partial charge in [0.15, 0.2) is 11.5 Å². The number of nitrogens with one attached hydrogen (secondary N) is 1. The maximum Gasteiger partial charge on any atom is 0.231 e. The van der Waals surface area contributed by atoms with E-state index < -0.39 is 0 Å². The molecule has 4 nitrogen and oxygen atoms in total. The number of aromatic nitrogens is 1. The molecule has 2 heterocycles. The maximum absolute atomic E-state index is 5.38. The Morgan fingerprint density at radius 3 is 2.95 bits per heavy atom. The zero-order valence-corrected chi connectivity index (χ0v) is 12.6. The van der Waals surface area contributed by atoms with Crippen LogP contribution in [0, 0.1) is 0 Å². The Balaban J connectivity index is 1.55. The molecule has 0 saturated carbocycles. The molecule has 0 amide bonds. The highest BCUT2D eigenvalue weighted by Crippen LogP contribution is 2.36. The Hall–Kier alpha value is -1.11. The minimum Gasteiger partial charge on any atom is -0.454 e. The Kier molecular flexibility index (Phi) is 4.00. The van der Waals surface area contributed by atoms with Gasteiger partial charge in [0.25, 0.3) is 0 Å². The highest BCUT2D eigenvalue weighted by atomic mass is 79.9. The van der Waals surface area contributed by atoms with Crippen molar-refractivity contribution in [1.82, 2.24) is 10.3 Å². The molecule has 0 radical (unpaired) electrons. The summed E-state index contributed by atoms with van der Waals surface area (Å²) in [5.74, 6) is 1.62. The van der Waals surface area contributed by atoms with E-state index in [1.165, 1.54) is 5.56 Å². The SMILES string of the molecule is Brc1cc2c(cc1CNCCc1cscn1)OCO2. The minimum absolute atomic E-state index is 0.308. The molecule has 0 atom stereocenters. The van der Waals surface area contributed by atoms with E-state index in [-0.39, 0.29) is 0 Å². The smallest absolute Gasteiger partial charge is 0.231 e. The van der Waals surface area contributed by atoms with Gasteiger partial charge < -0.3 is 14.8 Å². The lowest BCUT2D eigenvalue weighted by Crippen LogP contribution is -2.17. The fourth-order valence-corrected chi connectivity index (χ4v) is 2.95. The molecule has 1 aromatic carbocycles. The predicted molar refractivity (Wildman–Crippen MR) is 77.8 cm³/mol. The molecule has 6 heteroatoms. The summed E-state index contributed by atoms with van der Waals surface area (Å²) in [6.07, 6.45) is 0.950. The zero-order chi connectivity index (χ0) is 13.1. The second kappa shape index (κ2) is 5.90. The monoisotopic (exact) mass is 340 g/mol. The summed E-state index contributed by atoms with van der Waals surface area (Å²) in [5, 5.41) is 5.49. The summed E-state index contributed by atoms with van der Waals surface area (Å²) >= 11 is 5.19. The topological polar surface area (TPSA) is 43.4 Å². The number of thiazole rings is 1. The first-order valence-electron chi connectivity index (χ1n) is 5.99. The van der Waals surface area contributed by atoms with Crippen molar-refractivity contribution in [2.24, 2.45) is 0 Å². The van der Waals surface area contributed by atoms with Crippen molar-refractivity contribution >= 4 is 27.3 Å². The standard InChI is InChI=1S/C13H13BrN2O2S/c14-11-4-13-12(17-8-18-13)3-9(11)5-15-2-1-10-6-19-7-16-10/h3-4,6-7,15H,1-2,5,8H2. The lowest BCUT2D eigenvalue weighted by molar-refractivity contribution is 0.174. The lowest BCUT2D eigenvalue weighted by atomic mass is 10.2. The molecule has 2 aromatic rings. The van der Waals surface area contributed by atoms with E-state index in [0.717, 1.165) is 41.2 Å². The van der Waals surface area contributed by atoms with Crippen LogP contribution in [-0.2, 0) is 13.0 Å². The molecule has 0 fully saturated rings. The molecule has 0 unspecified atom stereocenters. The van der Waals surface area contributed by atoms with E-state index in [1.54, 1.807) is 11.3 Å². The number of hydrogen-bond acceptors (Lipinski definition) is 5. The van der Waals surface area contributed by atoms with Crippen molar-refractivity contribution in [3.63, 3.8) is 0 Å². The Morgan fingerprint density at radius 1 is 1.32 bits per heavy atom. The second-order valence-corrected chi connectivity index (χ2v) is 5.78. The summed E-state index contributed by atoms with van der Waals surface area (Å²) in [6.45, 7) is 2.01. The number of fused-ring (bicyclic) bond motifs is 1. The fraction of sp³-hybridized carbons (Fsp3) is 0.308. The zero-order valence-electron chi connectivity index (χ0n) is 10.2. The molecule has 0 saturated heterocycles. The van der Waals surface area contributed by atoms with Crippen molar-refractivity contribution in [3.8, 4) is 11.5 Å². The van der Waals surface area contributed by atoms with Crippen LogP contribution in [0.2, 0.25) is 0 Å². The quantitative estimate of drug-likeness (QED) is 0.850. The first-order chi connectivity index (χ1) is 9.33. The maximum atomic E-state index is 5.38. The van der Waals surface area contributed by atoms with Crippen LogP contribution in [0.3, 0.4) is 0 Å². The number of hydrogen-bond donors (Lipinski definition) is 1. The molecular formula is C13H13BrN2O2S. The van der Waals surface area contributed by atoms with Gasteiger partial charge in [0.2, 0.25) is 6.79 Å². The third kappa shape index (κ3) is 3.08. The van der Waals surface area contributed by atoms with Crippen LogP contribution < -0.4 is 14.8 Å². The van der Waals surface area contributed by atoms with Gasteiger partial charge in [0, 0.05) is 29.4 Å². The Labute approximate surface area is 123 Å². The summed E-state index contributed by atoms with van der Waals surface area (Å²) in [7, 11) is 0. The van der Waals surface area contributed by atoms with Crippen LogP contribution in [0.4, 0.5) is 0 Å². The van der Waals surface area contributed by atoms with Crippen LogP contribution in [0.25, 0.3) is 0 Å². The molecule has 0 aliphatic carbocycles. The van der Waals surface area contributed by atoms with Crippen LogP contribution in [-0.4, -0.2) is 18.3 Å². The second-order valence-electron chi connectivity index (χ2n) is 4.20. The van der Waals surface area contributed by atoms with Gasteiger partial charge in [-0.3, -0.25) is 0 Å².